The Labute approximate surface area is 125 Å². The van der Waals surface area contributed by atoms with Crippen molar-refractivity contribution in [3.63, 3.8) is 0 Å². The van der Waals surface area contributed by atoms with Crippen LogP contribution >= 0.6 is 0 Å². The summed E-state index contributed by atoms with van der Waals surface area (Å²) in [5.74, 6) is 1.15. The van der Waals surface area contributed by atoms with E-state index in [0.717, 1.165) is 5.56 Å². The van der Waals surface area contributed by atoms with E-state index in [0.29, 0.717) is 18.4 Å². The van der Waals surface area contributed by atoms with Crippen LogP contribution in [0.4, 0.5) is 0 Å². The van der Waals surface area contributed by atoms with Crippen LogP contribution in [-0.4, -0.2) is 18.5 Å². The number of nitrogens with zero attached hydrogens (tertiary/aromatic N) is 1. The zero-order valence-electron chi connectivity index (χ0n) is 10.6. The number of ether oxygens (including phenoxy) is 1. The van der Waals surface area contributed by atoms with Crippen molar-refractivity contribution < 1.29 is 21.8 Å². The second-order valence-electron chi connectivity index (χ2n) is 4.11. The zero-order chi connectivity index (χ0) is 12.8. The molecule has 1 heterocycles. The smallest absolute Gasteiger partial charge is 0.0741 e. The number of aliphatic imine (C=N–C) groups is 1. The molecule has 2 nitrogen and oxygen atoms in total. The van der Waals surface area contributed by atoms with Gasteiger partial charge in [0.05, 0.1) is 12.6 Å². The van der Waals surface area contributed by atoms with Crippen LogP contribution < -0.4 is 0 Å². The van der Waals surface area contributed by atoms with Gasteiger partial charge in [0.15, 0.2) is 0 Å². The van der Waals surface area contributed by atoms with E-state index < -0.39 is 0 Å². The van der Waals surface area contributed by atoms with Gasteiger partial charge in [-0.3, -0.25) is 0 Å². The minimum absolute atomic E-state index is 0. The van der Waals surface area contributed by atoms with Crippen LogP contribution in [0.15, 0.2) is 11.1 Å². The van der Waals surface area contributed by atoms with Crippen LogP contribution in [0.2, 0.25) is 0 Å². The van der Waals surface area contributed by atoms with Crippen molar-refractivity contribution in [3.05, 3.63) is 60.2 Å². The first-order valence-electron chi connectivity index (χ1n) is 5.70. The van der Waals surface area contributed by atoms with Gasteiger partial charge in [-0.05, 0) is 5.92 Å². The fourth-order valence-corrected chi connectivity index (χ4v) is 1.37. The molecular formula is C16H11FeNO-10. The zero-order valence-corrected chi connectivity index (χ0v) is 11.8. The van der Waals surface area contributed by atoms with Gasteiger partial charge in [0, 0.05) is 17.1 Å². The third-order valence-electron chi connectivity index (χ3n) is 2.45. The van der Waals surface area contributed by atoms with Crippen molar-refractivity contribution in [2.75, 3.05) is 6.61 Å². The Morgan fingerprint density at radius 2 is 1.84 bits per heavy atom. The van der Waals surface area contributed by atoms with E-state index in [1.54, 1.807) is 6.07 Å². The van der Waals surface area contributed by atoms with Gasteiger partial charge in [-0.1, -0.05) is 13.8 Å². The van der Waals surface area contributed by atoms with Crippen molar-refractivity contribution in [2.24, 2.45) is 10.9 Å². The average molecular weight is 289 g/mol. The molecule has 3 heteroatoms. The minimum atomic E-state index is 0. The fraction of sp³-hybridized carbons (Fsp3) is 0.312. The molecule has 0 aromatic heterocycles. The molecule has 1 aliphatic rings. The standard InChI is InChI=1S/C11H10NO.C5H.Fe/c1-8(2)10-7-13-11(12-10)9-5-3-4-6-9;1-2-4-5-3-1;/h8,10H,7H2,1-2H3;1H;/q2*-5;/t10-;;/m0../s1. The summed E-state index contributed by atoms with van der Waals surface area (Å²) in [5, 5.41) is 0. The molecule has 0 N–H and O–H groups in total. The first-order chi connectivity index (χ1) is 8.77. The Bertz CT molecular complexity index is 440. The fourth-order valence-electron chi connectivity index (χ4n) is 1.37. The third-order valence-corrected chi connectivity index (χ3v) is 2.45. The maximum Gasteiger partial charge on any atom is 0.0741 e. The van der Waals surface area contributed by atoms with Gasteiger partial charge in [-0.25, -0.2) is 5.90 Å². The van der Waals surface area contributed by atoms with E-state index in [2.05, 4.69) is 67.4 Å². The summed E-state index contributed by atoms with van der Waals surface area (Å²) in [6.07, 6.45) is 0. The summed E-state index contributed by atoms with van der Waals surface area (Å²) in [5.41, 5.74) is 0.739. The van der Waals surface area contributed by atoms with E-state index in [-0.39, 0.29) is 23.1 Å². The molecule has 104 valence electrons. The molecule has 0 spiro atoms. The molecule has 0 unspecified atom stereocenters. The summed E-state index contributed by atoms with van der Waals surface area (Å²) >= 11 is 0. The minimum Gasteiger partial charge on any atom is -0.999 e. The van der Waals surface area contributed by atoms with Crippen molar-refractivity contribution >= 4 is 5.90 Å². The molecule has 2 aromatic rings. The number of rotatable bonds is 2. The molecule has 0 saturated heterocycles. The predicted octanol–water partition coefficient (Wildman–Crippen LogP) is 2.01. The third kappa shape index (κ3) is 4.70. The van der Waals surface area contributed by atoms with Crippen molar-refractivity contribution in [3.8, 4) is 0 Å². The summed E-state index contributed by atoms with van der Waals surface area (Å²) < 4.78 is 5.42. The van der Waals surface area contributed by atoms with Crippen LogP contribution in [0, 0.1) is 54.4 Å². The quantitative estimate of drug-likeness (QED) is 0.612. The molecule has 0 radical (unpaired) electrons. The van der Waals surface area contributed by atoms with Crippen LogP contribution in [0.5, 0.6) is 0 Å². The van der Waals surface area contributed by atoms with Crippen LogP contribution in [0.3, 0.4) is 0 Å². The number of hydrogen-bond acceptors (Lipinski definition) is 2. The van der Waals surface area contributed by atoms with Crippen LogP contribution in [0.1, 0.15) is 19.4 Å². The molecule has 1 atom stereocenters. The molecule has 1 aliphatic heterocycles. The Balaban J connectivity index is 0.000000256. The van der Waals surface area contributed by atoms with Gasteiger partial charge in [0.1, 0.15) is 0 Å². The van der Waals surface area contributed by atoms with E-state index in [4.69, 9.17) is 4.74 Å². The normalized spacial score (nSPS) is 17.0. The molecule has 0 saturated carbocycles. The summed E-state index contributed by atoms with van der Waals surface area (Å²) in [7, 11) is 0. The van der Waals surface area contributed by atoms with Crippen molar-refractivity contribution in [2.45, 2.75) is 19.9 Å². The molecule has 0 fully saturated rings. The topological polar surface area (TPSA) is 21.6 Å². The molecule has 0 bridgehead atoms. The van der Waals surface area contributed by atoms with E-state index in [1.165, 1.54) is 0 Å². The van der Waals surface area contributed by atoms with Crippen molar-refractivity contribution in [1.29, 1.82) is 0 Å². The van der Waals surface area contributed by atoms with Crippen LogP contribution in [-0.2, 0) is 21.8 Å². The van der Waals surface area contributed by atoms with Gasteiger partial charge in [0.25, 0.3) is 0 Å². The Kier molecular flexibility index (Phi) is 6.61. The van der Waals surface area contributed by atoms with Gasteiger partial charge >= 0.3 is 0 Å². The number of hydrogen-bond donors (Lipinski definition) is 0. The second-order valence-corrected chi connectivity index (χ2v) is 4.11. The largest absolute Gasteiger partial charge is 0.999 e. The SMILES string of the molecule is CC(C)[C@@H]1COC([c-]2[c-][c-][c-][c-]2)=N1.[Fe].[c-]1[c-][c-][cH-][c-]1. The van der Waals surface area contributed by atoms with E-state index in [9.17, 15) is 0 Å². The predicted molar refractivity (Wildman–Crippen MR) is 65.9 cm³/mol. The average Bonchev–Trinajstić information content (AvgIpc) is 3.14. The molecule has 19 heavy (non-hydrogen) atoms. The van der Waals surface area contributed by atoms with Gasteiger partial charge in [-0.15, -0.1) is 0 Å². The maximum absolute atomic E-state index is 5.42. The first-order valence-corrected chi connectivity index (χ1v) is 5.70. The molecule has 2 aromatic carbocycles. The second kappa shape index (κ2) is 7.98. The molecular weight excluding hydrogens is 278 g/mol. The maximum atomic E-state index is 5.42. The van der Waals surface area contributed by atoms with Gasteiger partial charge in [0.2, 0.25) is 0 Å². The van der Waals surface area contributed by atoms with E-state index in [1.807, 2.05) is 0 Å². The Morgan fingerprint density at radius 1 is 1.21 bits per heavy atom. The Hall–Kier alpha value is -1.31. The molecule has 0 aliphatic carbocycles. The van der Waals surface area contributed by atoms with E-state index >= 15 is 0 Å². The van der Waals surface area contributed by atoms with Crippen LogP contribution in [0.25, 0.3) is 0 Å². The Morgan fingerprint density at radius 3 is 2.26 bits per heavy atom. The molecule has 3 rings (SSSR count). The summed E-state index contributed by atoms with van der Waals surface area (Å²) in [4.78, 5) is 4.42. The monoisotopic (exact) mass is 289 g/mol. The summed E-state index contributed by atoms with van der Waals surface area (Å²) in [6.45, 7) is 4.94. The molecule has 0 amide bonds. The first kappa shape index (κ1) is 15.7. The summed E-state index contributed by atoms with van der Waals surface area (Å²) in [6, 6.07) is 23.3. The van der Waals surface area contributed by atoms with Crippen molar-refractivity contribution in [1.82, 2.24) is 0 Å². The van der Waals surface area contributed by atoms with Gasteiger partial charge < -0.3 is 69.9 Å². The van der Waals surface area contributed by atoms with Gasteiger partial charge in [-0.2, -0.15) is 0 Å².